The number of aryl methyl sites for hydroxylation is 2. The van der Waals surface area contributed by atoms with Crippen LogP contribution in [-0.2, 0) is 11.2 Å². The summed E-state index contributed by atoms with van der Waals surface area (Å²) in [6.07, 6.45) is 0.0281. The maximum absolute atomic E-state index is 12.5. The third-order valence-corrected chi connectivity index (χ3v) is 4.44. The summed E-state index contributed by atoms with van der Waals surface area (Å²) in [7, 11) is 0. The van der Waals surface area contributed by atoms with Gasteiger partial charge in [0.2, 0.25) is 5.91 Å². The van der Waals surface area contributed by atoms with Crippen molar-refractivity contribution in [2.45, 2.75) is 20.3 Å². The topological polar surface area (TPSA) is 65.6 Å². The quantitative estimate of drug-likeness (QED) is 0.933. The molecule has 1 saturated heterocycles. The lowest BCUT2D eigenvalue weighted by molar-refractivity contribution is -0.132. The average Bonchev–Trinajstić information content (AvgIpc) is 2.93. The maximum Gasteiger partial charge on any atom is 0.415 e. The van der Waals surface area contributed by atoms with Gasteiger partial charge in [0.25, 0.3) is 0 Å². The van der Waals surface area contributed by atoms with E-state index in [-0.39, 0.29) is 12.0 Å². The van der Waals surface area contributed by atoms with Crippen molar-refractivity contribution in [1.29, 1.82) is 0 Å². The number of piperazine rings is 1. The Balaban J connectivity index is 1.50. The highest BCUT2D eigenvalue weighted by molar-refractivity contribution is 5.79. The van der Waals surface area contributed by atoms with Crippen molar-refractivity contribution in [3.8, 4) is 5.75 Å². The van der Waals surface area contributed by atoms with Gasteiger partial charge in [-0.15, -0.1) is 0 Å². The van der Waals surface area contributed by atoms with Crippen molar-refractivity contribution < 1.29 is 14.3 Å². The largest absolute Gasteiger partial charge is 0.415 e. The fourth-order valence-corrected chi connectivity index (χ4v) is 3.03. The second-order valence-corrected chi connectivity index (χ2v) is 6.33. The molecule has 0 radical (unpaired) electrons. The molecule has 0 aliphatic carbocycles. The predicted molar refractivity (Wildman–Crippen MR) is 94.6 cm³/mol. The molecule has 1 N–H and O–H groups in total. The van der Waals surface area contributed by atoms with E-state index in [0.717, 1.165) is 17.0 Å². The lowest BCUT2D eigenvalue weighted by atomic mass is 10.1. The molecule has 0 unspecified atom stereocenters. The zero-order valence-corrected chi connectivity index (χ0v) is 14.6. The fraction of sp³-hybridized carbons (Fsp3) is 0.368. The van der Waals surface area contributed by atoms with Crippen molar-refractivity contribution >= 4 is 12.0 Å². The van der Waals surface area contributed by atoms with Gasteiger partial charge in [0.05, 0.1) is 6.42 Å². The van der Waals surface area contributed by atoms with Crippen LogP contribution in [0.15, 0.2) is 36.4 Å². The lowest BCUT2D eigenvalue weighted by Crippen LogP contribution is -2.51. The van der Waals surface area contributed by atoms with Crippen LogP contribution in [0.2, 0.25) is 0 Å². The molecule has 6 heteroatoms. The number of H-pyrrole nitrogens is 1. The summed E-state index contributed by atoms with van der Waals surface area (Å²) in [5.41, 5.74) is 3.14. The summed E-state index contributed by atoms with van der Waals surface area (Å²) in [6.45, 7) is 6.01. The van der Waals surface area contributed by atoms with Gasteiger partial charge in [-0.25, -0.2) is 4.79 Å². The van der Waals surface area contributed by atoms with Crippen molar-refractivity contribution in [3.05, 3.63) is 53.3 Å². The third kappa shape index (κ3) is 4.21. The van der Waals surface area contributed by atoms with Crippen LogP contribution in [0.3, 0.4) is 0 Å². The number of nitrogens with zero attached hydrogens (tertiary/aromatic N) is 2. The molecule has 132 valence electrons. The van der Waals surface area contributed by atoms with Crippen LogP contribution in [-0.4, -0.2) is 53.0 Å². The number of carbonyl (C=O) groups excluding carboxylic acids is 2. The molecular formula is C19H23N3O3. The zero-order chi connectivity index (χ0) is 17.8. The van der Waals surface area contributed by atoms with E-state index >= 15 is 0 Å². The van der Waals surface area contributed by atoms with Gasteiger partial charge >= 0.3 is 6.09 Å². The van der Waals surface area contributed by atoms with Crippen molar-refractivity contribution in [1.82, 2.24) is 14.8 Å². The van der Waals surface area contributed by atoms with E-state index in [9.17, 15) is 9.59 Å². The zero-order valence-electron chi connectivity index (χ0n) is 14.6. The number of ether oxygens (including phenoxy) is 1. The average molecular weight is 341 g/mol. The van der Waals surface area contributed by atoms with E-state index < -0.39 is 0 Å². The van der Waals surface area contributed by atoms with Crippen LogP contribution in [0.25, 0.3) is 0 Å². The van der Waals surface area contributed by atoms with E-state index in [1.54, 1.807) is 17.0 Å². The highest BCUT2D eigenvalue weighted by atomic mass is 16.6. The van der Waals surface area contributed by atoms with Crippen molar-refractivity contribution in [3.63, 3.8) is 0 Å². The fourth-order valence-electron chi connectivity index (χ4n) is 3.03. The monoisotopic (exact) mass is 341 g/mol. The Labute approximate surface area is 147 Å². The van der Waals surface area contributed by atoms with Crippen LogP contribution in [0.1, 0.15) is 17.0 Å². The molecule has 6 nitrogen and oxygen atoms in total. The minimum absolute atomic E-state index is 0.0955. The minimum Gasteiger partial charge on any atom is -0.410 e. The van der Waals surface area contributed by atoms with Gasteiger partial charge in [-0.2, -0.15) is 0 Å². The summed E-state index contributed by atoms with van der Waals surface area (Å²) in [6, 6.07) is 11.0. The first-order valence-corrected chi connectivity index (χ1v) is 8.47. The minimum atomic E-state index is -0.365. The number of rotatable bonds is 3. The van der Waals surface area contributed by atoms with Gasteiger partial charge < -0.3 is 19.5 Å². The number of aromatic nitrogens is 1. The molecule has 2 aromatic rings. The molecule has 1 aliphatic rings. The molecule has 0 bridgehead atoms. The molecule has 0 spiro atoms. The number of carbonyl (C=O) groups is 2. The number of para-hydroxylation sites is 1. The number of hydrogen-bond donors (Lipinski definition) is 1. The number of aromatic amines is 1. The summed E-state index contributed by atoms with van der Waals surface area (Å²) in [5, 5.41) is 0. The highest BCUT2D eigenvalue weighted by Crippen LogP contribution is 2.14. The first kappa shape index (κ1) is 17.1. The smallest absolute Gasteiger partial charge is 0.410 e. The third-order valence-electron chi connectivity index (χ3n) is 4.44. The molecule has 3 rings (SSSR count). The van der Waals surface area contributed by atoms with Gasteiger partial charge in [-0.3, -0.25) is 4.79 Å². The van der Waals surface area contributed by atoms with Crippen molar-refractivity contribution in [2.75, 3.05) is 26.2 Å². The second-order valence-electron chi connectivity index (χ2n) is 6.33. The lowest BCUT2D eigenvalue weighted by Gasteiger charge is -2.34. The van der Waals surface area contributed by atoms with Gasteiger partial charge in [0, 0.05) is 37.6 Å². The summed E-state index contributed by atoms with van der Waals surface area (Å²) in [4.78, 5) is 31.3. The normalized spacial score (nSPS) is 14.5. The molecule has 1 aromatic carbocycles. The van der Waals surface area contributed by atoms with Crippen LogP contribution >= 0.6 is 0 Å². The standard InChI is InChI=1S/C19H23N3O3/c1-14-12-16(15(2)20-14)13-18(23)21-8-10-22(11-9-21)19(24)25-17-6-4-3-5-7-17/h3-7,12,20H,8-11,13H2,1-2H3. The SMILES string of the molecule is Cc1cc(CC(=O)N2CCN(C(=O)Oc3ccccc3)CC2)c(C)[nH]1. The number of benzene rings is 1. The summed E-state index contributed by atoms with van der Waals surface area (Å²) >= 11 is 0. The van der Waals surface area contributed by atoms with Gasteiger partial charge in [0.15, 0.2) is 0 Å². The Kier molecular flexibility index (Phi) is 5.07. The molecule has 0 saturated carbocycles. The summed E-state index contributed by atoms with van der Waals surface area (Å²) in [5.74, 6) is 0.627. The Morgan fingerprint density at radius 1 is 1.04 bits per heavy atom. The molecule has 2 heterocycles. The number of hydrogen-bond acceptors (Lipinski definition) is 3. The molecule has 0 atom stereocenters. The molecule has 1 aromatic heterocycles. The molecule has 25 heavy (non-hydrogen) atoms. The molecule has 1 fully saturated rings. The van der Waals surface area contributed by atoms with E-state index in [0.29, 0.717) is 38.3 Å². The van der Waals surface area contributed by atoms with E-state index in [1.165, 1.54) is 0 Å². The van der Waals surface area contributed by atoms with Crippen LogP contribution in [0.5, 0.6) is 5.75 Å². The number of amides is 2. The van der Waals surface area contributed by atoms with E-state index in [4.69, 9.17) is 4.74 Å². The Morgan fingerprint density at radius 3 is 2.28 bits per heavy atom. The molecule has 2 amide bonds. The Morgan fingerprint density at radius 2 is 1.68 bits per heavy atom. The van der Waals surface area contributed by atoms with Gasteiger partial charge in [0.1, 0.15) is 5.75 Å². The number of nitrogens with one attached hydrogen (secondary N) is 1. The molecular weight excluding hydrogens is 318 g/mol. The maximum atomic E-state index is 12.5. The van der Waals surface area contributed by atoms with Crippen LogP contribution in [0, 0.1) is 13.8 Å². The van der Waals surface area contributed by atoms with E-state index in [2.05, 4.69) is 4.98 Å². The van der Waals surface area contributed by atoms with Crippen molar-refractivity contribution in [2.24, 2.45) is 0 Å². The first-order valence-electron chi connectivity index (χ1n) is 8.47. The highest BCUT2D eigenvalue weighted by Gasteiger charge is 2.25. The summed E-state index contributed by atoms with van der Waals surface area (Å²) < 4.78 is 5.34. The predicted octanol–water partition coefficient (Wildman–Crippen LogP) is 2.52. The van der Waals surface area contributed by atoms with Crippen LogP contribution in [0.4, 0.5) is 4.79 Å². The Bertz CT molecular complexity index is 747. The van der Waals surface area contributed by atoms with E-state index in [1.807, 2.05) is 43.0 Å². The second kappa shape index (κ2) is 7.42. The van der Waals surface area contributed by atoms with Crippen LogP contribution < -0.4 is 4.74 Å². The van der Waals surface area contributed by atoms with Gasteiger partial charge in [-0.05, 0) is 37.6 Å². The van der Waals surface area contributed by atoms with Gasteiger partial charge in [-0.1, -0.05) is 18.2 Å². The Hall–Kier alpha value is -2.76. The first-order chi connectivity index (χ1) is 12.0. The molecule has 1 aliphatic heterocycles.